The molecule has 0 aliphatic carbocycles. The fourth-order valence-corrected chi connectivity index (χ4v) is 4.91. The molecule has 7 heteroatoms. The number of ether oxygens (including phenoxy) is 3. The van der Waals surface area contributed by atoms with Gasteiger partial charge in [0.15, 0.2) is 0 Å². The van der Waals surface area contributed by atoms with Gasteiger partial charge in [0.2, 0.25) is 0 Å². The van der Waals surface area contributed by atoms with Crippen molar-refractivity contribution in [2.75, 3.05) is 7.11 Å². The van der Waals surface area contributed by atoms with E-state index in [4.69, 9.17) is 25.8 Å². The van der Waals surface area contributed by atoms with Crippen LogP contribution in [-0.2, 0) is 12.2 Å². The topological polar surface area (TPSA) is 53.5 Å². The molecule has 1 aliphatic rings. The molecule has 1 aliphatic heterocycles. The van der Waals surface area contributed by atoms with E-state index in [1.54, 1.807) is 7.11 Å². The Morgan fingerprint density at radius 1 is 1.19 bits per heavy atom. The first kappa shape index (κ1) is 17.4. The van der Waals surface area contributed by atoms with Crippen molar-refractivity contribution >= 4 is 26.3 Å². The first-order valence-corrected chi connectivity index (χ1v) is 10.1. The van der Waals surface area contributed by atoms with Gasteiger partial charge in [0.25, 0.3) is 0 Å². The van der Waals surface area contributed by atoms with E-state index >= 15 is 0 Å². The van der Waals surface area contributed by atoms with Gasteiger partial charge >= 0.3 is 163 Å². The second-order valence-electron chi connectivity index (χ2n) is 6.48. The summed E-state index contributed by atoms with van der Waals surface area (Å²) in [6, 6.07) is 11.4. The third-order valence-electron chi connectivity index (χ3n) is 4.22. The first-order valence-electron chi connectivity index (χ1n) is 8.09. The number of hydrogen-bond donors (Lipinski definition) is 0. The molecule has 1 aromatic heterocycles. The summed E-state index contributed by atoms with van der Waals surface area (Å²) < 4.78 is 23.1. The first-order chi connectivity index (χ1) is 12.5. The van der Waals surface area contributed by atoms with Crippen LogP contribution in [0.5, 0.6) is 17.2 Å². The van der Waals surface area contributed by atoms with Crippen LogP contribution in [0.3, 0.4) is 0 Å². The van der Waals surface area contributed by atoms with Gasteiger partial charge in [0, 0.05) is 0 Å². The van der Waals surface area contributed by atoms with Crippen LogP contribution in [0.1, 0.15) is 25.1 Å². The van der Waals surface area contributed by atoms with Crippen LogP contribution in [0, 0.1) is 0 Å². The van der Waals surface area contributed by atoms with Crippen molar-refractivity contribution in [3.63, 3.8) is 0 Å². The number of halogens is 1. The molecule has 0 atom stereocenters. The Hall–Kier alpha value is -2.01. The summed E-state index contributed by atoms with van der Waals surface area (Å²) in [4.78, 5) is 0. The van der Waals surface area contributed by atoms with Crippen LogP contribution < -0.4 is 14.2 Å². The van der Waals surface area contributed by atoms with Crippen molar-refractivity contribution in [2.45, 2.75) is 26.1 Å². The Balaban J connectivity index is 1.70. The predicted octanol–water partition coefficient (Wildman–Crippen LogP) is 4.07. The van der Waals surface area contributed by atoms with Crippen molar-refractivity contribution in [3.8, 4) is 27.2 Å². The molecule has 2 aromatic carbocycles. The zero-order valence-corrected chi connectivity index (χ0v) is 17.0. The summed E-state index contributed by atoms with van der Waals surface area (Å²) >= 11 is 6.00. The normalized spacial score (nSPS) is 14.2. The van der Waals surface area contributed by atoms with Crippen LogP contribution in [0.2, 0.25) is 5.02 Å². The summed E-state index contributed by atoms with van der Waals surface area (Å²) in [5, 5.41) is 4.98. The van der Waals surface area contributed by atoms with Crippen molar-refractivity contribution in [1.29, 1.82) is 0 Å². The molecule has 0 radical (unpaired) electrons. The van der Waals surface area contributed by atoms with Gasteiger partial charge in [-0.05, 0) is 0 Å². The van der Waals surface area contributed by atoms with Gasteiger partial charge in [0.05, 0.1) is 0 Å². The zero-order valence-electron chi connectivity index (χ0n) is 14.6. The molecule has 0 bridgehead atoms. The van der Waals surface area contributed by atoms with Crippen LogP contribution in [0.25, 0.3) is 10.0 Å². The van der Waals surface area contributed by atoms with Crippen molar-refractivity contribution in [3.05, 3.63) is 52.7 Å². The minimum atomic E-state index is -0.511. The van der Waals surface area contributed by atoms with E-state index in [0.717, 1.165) is 27.0 Å². The van der Waals surface area contributed by atoms with Gasteiger partial charge in [-0.2, -0.15) is 0 Å². The Kier molecular flexibility index (Phi) is 4.43. The van der Waals surface area contributed by atoms with Crippen molar-refractivity contribution < 1.29 is 14.2 Å². The predicted molar refractivity (Wildman–Crippen MR) is 100 cm³/mol. The summed E-state index contributed by atoms with van der Waals surface area (Å²) in [6.45, 7) is 4.40. The van der Waals surface area contributed by atoms with Crippen LogP contribution in [-0.4, -0.2) is 31.0 Å². The van der Waals surface area contributed by atoms with Gasteiger partial charge < -0.3 is 0 Å². The summed E-state index contributed by atoms with van der Waals surface area (Å²) in [5.74, 6) is 2.05. The van der Waals surface area contributed by atoms with Gasteiger partial charge in [-0.25, -0.2) is 0 Å². The summed E-state index contributed by atoms with van der Waals surface area (Å²) in [7, 11) is 1.63. The monoisotopic (exact) mass is 436 g/mol. The van der Waals surface area contributed by atoms with Gasteiger partial charge in [-0.3, -0.25) is 0 Å². The van der Waals surface area contributed by atoms with Gasteiger partial charge in [-0.15, -0.1) is 0 Å². The zero-order chi connectivity index (χ0) is 18.3. The molecule has 0 N–H and O–H groups in total. The fourth-order valence-electron chi connectivity index (χ4n) is 2.95. The molecule has 0 saturated heterocycles. The van der Waals surface area contributed by atoms with Gasteiger partial charge in [-0.1, -0.05) is 0 Å². The van der Waals surface area contributed by atoms with Crippen molar-refractivity contribution in [1.82, 2.24) is 9.19 Å². The number of hydrogen-bond acceptors (Lipinski definition) is 5. The molecule has 2 heterocycles. The number of aromatic nitrogens is 2. The maximum absolute atomic E-state index is 6.19. The molecule has 0 saturated carbocycles. The average molecular weight is 436 g/mol. The second-order valence-corrected chi connectivity index (χ2v) is 8.50. The minimum absolute atomic E-state index is 0.0424. The fraction of sp³-hybridized carbons (Fsp3) is 0.263. The number of rotatable bonds is 4. The van der Waals surface area contributed by atoms with Crippen LogP contribution >= 0.6 is 11.6 Å². The number of fused-ring (bicyclic) bond motifs is 3. The summed E-state index contributed by atoms with van der Waals surface area (Å²) in [6.07, 6.45) is 0. The average Bonchev–Trinajstić information content (AvgIpc) is 3.10. The standard InChI is InChI=1S/C19H17ClN2O3Se/c1-19(2)18-17(26-22-21-18)13-8-15(23-3)16(9-14(13)25-19)24-10-11-5-4-6-12(20)7-11/h4-9H,10H2,1-3H3. The third kappa shape index (κ3) is 3.09. The molecule has 4 rings (SSSR count). The molecule has 134 valence electrons. The Bertz CT molecular complexity index is 971. The van der Waals surface area contributed by atoms with E-state index in [0.29, 0.717) is 23.1 Å². The van der Waals surface area contributed by atoms with E-state index in [1.807, 2.05) is 50.2 Å². The molecule has 3 aromatic rings. The molecule has 0 fully saturated rings. The van der Waals surface area contributed by atoms with E-state index < -0.39 is 5.60 Å². The molecule has 0 spiro atoms. The van der Waals surface area contributed by atoms with E-state index in [9.17, 15) is 0 Å². The van der Waals surface area contributed by atoms with Crippen LogP contribution in [0.15, 0.2) is 36.4 Å². The molecular weight excluding hydrogens is 419 g/mol. The Labute approximate surface area is 162 Å². The number of benzene rings is 2. The number of methoxy groups -OCH3 is 1. The number of nitrogens with zero attached hydrogens (tertiary/aromatic N) is 2. The molecule has 26 heavy (non-hydrogen) atoms. The maximum atomic E-state index is 6.19. The SMILES string of the molecule is COc1cc2c(cc1OCc1cccc(Cl)c1)OC(C)(C)c1nn[se]c1-2. The Morgan fingerprint density at radius 3 is 2.81 bits per heavy atom. The van der Waals surface area contributed by atoms with Crippen molar-refractivity contribution in [2.24, 2.45) is 0 Å². The molecule has 5 nitrogen and oxygen atoms in total. The molecular formula is C19H17ClN2O3Se. The third-order valence-corrected chi connectivity index (χ3v) is 6.05. The van der Waals surface area contributed by atoms with Crippen LogP contribution in [0.4, 0.5) is 0 Å². The summed E-state index contributed by atoms with van der Waals surface area (Å²) in [5.41, 5.74) is 2.36. The molecule has 0 unspecified atom stereocenters. The van der Waals surface area contributed by atoms with E-state index in [-0.39, 0.29) is 14.7 Å². The molecule has 0 amide bonds. The van der Waals surface area contributed by atoms with E-state index in [2.05, 4.69) is 9.19 Å². The van der Waals surface area contributed by atoms with E-state index in [1.165, 1.54) is 0 Å². The Morgan fingerprint density at radius 2 is 2.04 bits per heavy atom. The van der Waals surface area contributed by atoms with Gasteiger partial charge in [0.1, 0.15) is 0 Å². The second kappa shape index (κ2) is 6.62. The quantitative estimate of drug-likeness (QED) is 0.578.